The molecule has 0 aliphatic heterocycles. The Morgan fingerprint density at radius 2 is 1.86 bits per heavy atom. The van der Waals surface area contributed by atoms with E-state index < -0.39 is 0 Å². The van der Waals surface area contributed by atoms with Crippen molar-refractivity contribution in [2.24, 2.45) is 0 Å². The molecule has 0 aliphatic rings. The third kappa shape index (κ3) is 4.88. The summed E-state index contributed by atoms with van der Waals surface area (Å²) in [5.41, 5.74) is 2.24. The van der Waals surface area contributed by atoms with Crippen LogP contribution in [0.5, 0.6) is 0 Å². The molecule has 0 fully saturated rings. The van der Waals surface area contributed by atoms with Gasteiger partial charge in [0.15, 0.2) is 0 Å². The Bertz CT molecular complexity index is 579. The summed E-state index contributed by atoms with van der Waals surface area (Å²) in [5, 5.41) is 0. The van der Waals surface area contributed by atoms with Gasteiger partial charge in [0.05, 0.1) is 0 Å². The van der Waals surface area contributed by atoms with Gasteiger partial charge < -0.3 is 4.90 Å². The maximum atomic E-state index is 12.2. The molecule has 0 aliphatic carbocycles. The van der Waals surface area contributed by atoms with Crippen LogP contribution in [0.25, 0.3) is 6.08 Å². The van der Waals surface area contributed by atoms with Crippen molar-refractivity contribution >= 4 is 12.0 Å². The van der Waals surface area contributed by atoms with E-state index in [9.17, 15) is 4.79 Å². The summed E-state index contributed by atoms with van der Waals surface area (Å²) in [7, 11) is 0. The van der Waals surface area contributed by atoms with E-state index >= 15 is 0 Å². The largest absolute Gasteiger partial charge is 0.339 e. The first-order valence-electron chi connectivity index (χ1n) is 7.20. The molecule has 0 spiro atoms. The SMILES string of the molecule is CCN(CCc1ccncc1)C(=O)/C=C/c1ccccc1. The van der Waals surface area contributed by atoms with Gasteiger partial charge in [0.25, 0.3) is 0 Å². The predicted octanol–water partition coefficient (Wildman–Crippen LogP) is 3.19. The summed E-state index contributed by atoms with van der Waals surface area (Å²) < 4.78 is 0. The van der Waals surface area contributed by atoms with Gasteiger partial charge in [0, 0.05) is 31.6 Å². The molecule has 0 saturated carbocycles. The summed E-state index contributed by atoms with van der Waals surface area (Å²) in [4.78, 5) is 18.0. The lowest BCUT2D eigenvalue weighted by Crippen LogP contribution is -2.31. The molecule has 3 nitrogen and oxygen atoms in total. The minimum absolute atomic E-state index is 0.0513. The second-order valence-corrected chi connectivity index (χ2v) is 4.77. The fraction of sp³-hybridized carbons (Fsp3) is 0.222. The molecule has 0 radical (unpaired) electrons. The molecule has 1 amide bonds. The quantitative estimate of drug-likeness (QED) is 0.761. The van der Waals surface area contributed by atoms with E-state index in [2.05, 4.69) is 4.98 Å². The van der Waals surface area contributed by atoms with Crippen LogP contribution in [0.15, 0.2) is 60.9 Å². The van der Waals surface area contributed by atoms with Crippen molar-refractivity contribution in [3.8, 4) is 0 Å². The minimum Gasteiger partial charge on any atom is -0.339 e. The smallest absolute Gasteiger partial charge is 0.246 e. The second kappa shape index (κ2) is 8.00. The molecule has 3 heteroatoms. The van der Waals surface area contributed by atoms with Crippen LogP contribution in [0.3, 0.4) is 0 Å². The number of aromatic nitrogens is 1. The molecule has 108 valence electrons. The lowest BCUT2D eigenvalue weighted by Gasteiger charge is -2.19. The Hall–Kier alpha value is -2.42. The van der Waals surface area contributed by atoms with Gasteiger partial charge in [-0.1, -0.05) is 30.3 Å². The monoisotopic (exact) mass is 280 g/mol. The molecule has 1 heterocycles. The zero-order valence-corrected chi connectivity index (χ0v) is 12.3. The first-order chi connectivity index (χ1) is 10.3. The lowest BCUT2D eigenvalue weighted by molar-refractivity contribution is -0.125. The Kier molecular flexibility index (Phi) is 5.71. The van der Waals surface area contributed by atoms with Gasteiger partial charge in [-0.3, -0.25) is 9.78 Å². The van der Waals surface area contributed by atoms with Crippen molar-refractivity contribution in [3.63, 3.8) is 0 Å². The number of rotatable bonds is 6. The first-order valence-corrected chi connectivity index (χ1v) is 7.20. The number of likely N-dealkylation sites (N-methyl/N-ethyl adjacent to an activating group) is 1. The number of carbonyl (C=O) groups excluding carboxylic acids is 1. The summed E-state index contributed by atoms with van der Waals surface area (Å²) in [5.74, 6) is 0.0513. The van der Waals surface area contributed by atoms with E-state index in [0.29, 0.717) is 6.54 Å². The Balaban J connectivity index is 1.91. The van der Waals surface area contributed by atoms with Gasteiger partial charge in [-0.15, -0.1) is 0 Å². The predicted molar refractivity (Wildman–Crippen MR) is 85.7 cm³/mol. The van der Waals surface area contributed by atoms with Crippen LogP contribution in [0.2, 0.25) is 0 Å². The first kappa shape index (κ1) is 15.0. The molecule has 0 bridgehead atoms. The molecule has 0 N–H and O–H groups in total. The van der Waals surface area contributed by atoms with Gasteiger partial charge in [-0.25, -0.2) is 0 Å². The van der Waals surface area contributed by atoms with Crippen LogP contribution in [-0.4, -0.2) is 28.9 Å². The number of pyridine rings is 1. The maximum Gasteiger partial charge on any atom is 0.246 e. The zero-order chi connectivity index (χ0) is 14.9. The van der Waals surface area contributed by atoms with Crippen LogP contribution in [0.1, 0.15) is 18.1 Å². The molecule has 21 heavy (non-hydrogen) atoms. The molecular weight excluding hydrogens is 260 g/mol. The lowest BCUT2D eigenvalue weighted by atomic mass is 10.2. The summed E-state index contributed by atoms with van der Waals surface area (Å²) in [6.07, 6.45) is 7.91. The van der Waals surface area contributed by atoms with Crippen molar-refractivity contribution in [1.82, 2.24) is 9.88 Å². The molecular formula is C18H20N2O. The van der Waals surface area contributed by atoms with E-state index in [1.165, 1.54) is 5.56 Å². The summed E-state index contributed by atoms with van der Waals surface area (Å²) >= 11 is 0. The molecule has 0 saturated heterocycles. The van der Waals surface area contributed by atoms with E-state index in [1.807, 2.05) is 60.4 Å². The minimum atomic E-state index is 0.0513. The van der Waals surface area contributed by atoms with Crippen molar-refractivity contribution < 1.29 is 4.79 Å². The highest BCUT2D eigenvalue weighted by molar-refractivity contribution is 5.91. The van der Waals surface area contributed by atoms with E-state index in [4.69, 9.17) is 0 Å². The van der Waals surface area contributed by atoms with Crippen molar-refractivity contribution in [1.29, 1.82) is 0 Å². The highest BCUT2D eigenvalue weighted by Crippen LogP contribution is 2.04. The number of carbonyl (C=O) groups is 1. The van der Waals surface area contributed by atoms with E-state index in [1.54, 1.807) is 18.5 Å². The van der Waals surface area contributed by atoms with Crippen molar-refractivity contribution in [3.05, 3.63) is 72.1 Å². The fourth-order valence-corrected chi connectivity index (χ4v) is 2.07. The van der Waals surface area contributed by atoms with Crippen LogP contribution in [0.4, 0.5) is 0 Å². The van der Waals surface area contributed by atoms with Crippen molar-refractivity contribution in [2.75, 3.05) is 13.1 Å². The maximum absolute atomic E-state index is 12.2. The highest BCUT2D eigenvalue weighted by Gasteiger charge is 2.08. The summed E-state index contributed by atoms with van der Waals surface area (Å²) in [6.45, 7) is 3.43. The molecule has 1 aromatic heterocycles. The van der Waals surface area contributed by atoms with Gasteiger partial charge in [0.2, 0.25) is 5.91 Å². The fourth-order valence-electron chi connectivity index (χ4n) is 2.07. The van der Waals surface area contributed by atoms with E-state index in [0.717, 1.165) is 18.5 Å². The number of nitrogens with zero attached hydrogens (tertiary/aromatic N) is 2. The third-order valence-corrected chi connectivity index (χ3v) is 3.33. The molecule has 0 unspecified atom stereocenters. The standard InChI is InChI=1S/C18H20N2O/c1-2-20(15-12-17-10-13-19-14-11-17)18(21)9-8-16-6-4-3-5-7-16/h3-11,13-14H,2,12,15H2,1H3/b9-8+. The van der Waals surface area contributed by atoms with Crippen LogP contribution < -0.4 is 0 Å². The molecule has 1 aromatic carbocycles. The van der Waals surface area contributed by atoms with Gasteiger partial charge in [0.1, 0.15) is 0 Å². The van der Waals surface area contributed by atoms with E-state index in [-0.39, 0.29) is 5.91 Å². The topological polar surface area (TPSA) is 33.2 Å². The highest BCUT2D eigenvalue weighted by atomic mass is 16.2. The number of amides is 1. The van der Waals surface area contributed by atoms with Crippen molar-refractivity contribution in [2.45, 2.75) is 13.3 Å². The molecule has 2 rings (SSSR count). The Morgan fingerprint density at radius 3 is 2.52 bits per heavy atom. The summed E-state index contributed by atoms with van der Waals surface area (Å²) in [6, 6.07) is 13.8. The average molecular weight is 280 g/mol. The van der Waals surface area contributed by atoms with Gasteiger partial charge >= 0.3 is 0 Å². The Labute approximate surface area is 125 Å². The number of hydrogen-bond acceptors (Lipinski definition) is 2. The number of hydrogen-bond donors (Lipinski definition) is 0. The normalized spacial score (nSPS) is 10.7. The zero-order valence-electron chi connectivity index (χ0n) is 12.3. The Morgan fingerprint density at radius 1 is 1.14 bits per heavy atom. The third-order valence-electron chi connectivity index (χ3n) is 3.33. The van der Waals surface area contributed by atoms with Crippen LogP contribution >= 0.6 is 0 Å². The van der Waals surface area contributed by atoms with Gasteiger partial charge in [-0.2, -0.15) is 0 Å². The van der Waals surface area contributed by atoms with Crippen LogP contribution in [-0.2, 0) is 11.2 Å². The second-order valence-electron chi connectivity index (χ2n) is 4.77. The van der Waals surface area contributed by atoms with Crippen LogP contribution in [0, 0.1) is 0 Å². The molecule has 2 aromatic rings. The number of benzene rings is 1. The molecule has 0 atom stereocenters. The average Bonchev–Trinajstić information content (AvgIpc) is 2.55. The van der Waals surface area contributed by atoms with Gasteiger partial charge in [-0.05, 0) is 42.7 Å².